The van der Waals surface area contributed by atoms with Gasteiger partial charge in [0.2, 0.25) is 0 Å². The minimum Gasteiger partial charge on any atom is -0.444 e. The molecule has 1 aromatic rings. The van der Waals surface area contributed by atoms with Gasteiger partial charge in [0.05, 0.1) is 18.7 Å². The van der Waals surface area contributed by atoms with Crippen molar-refractivity contribution < 1.29 is 32.6 Å². The Hall–Kier alpha value is -2.46. The SMILES string of the molecule is CC(C)(C)OC(=O)NNC1CO[C@H](c2cc(F)ccc2F)[C@@H](NC(=O)OC(C)(C)C)C1. The number of amides is 2. The minimum absolute atomic E-state index is 0.0142. The number of rotatable bonds is 4. The smallest absolute Gasteiger partial charge is 0.422 e. The Morgan fingerprint density at radius 2 is 1.65 bits per heavy atom. The molecule has 1 aromatic carbocycles. The van der Waals surface area contributed by atoms with Crippen LogP contribution in [0.1, 0.15) is 59.6 Å². The van der Waals surface area contributed by atoms with Crippen molar-refractivity contribution in [1.29, 1.82) is 0 Å². The van der Waals surface area contributed by atoms with E-state index in [0.717, 1.165) is 18.2 Å². The maximum atomic E-state index is 14.4. The lowest BCUT2D eigenvalue weighted by atomic mass is 9.93. The summed E-state index contributed by atoms with van der Waals surface area (Å²) >= 11 is 0. The van der Waals surface area contributed by atoms with Crippen LogP contribution in [0.3, 0.4) is 0 Å². The van der Waals surface area contributed by atoms with Crippen LogP contribution < -0.4 is 16.2 Å². The second kappa shape index (κ2) is 9.78. The summed E-state index contributed by atoms with van der Waals surface area (Å²) in [6.07, 6.45) is -2.09. The second-order valence-corrected chi connectivity index (χ2v) is 9.38. The van der Waals surface area contributed by atoms with E-state index in [9.17, 15) is 18.4 Å². The fourth-order valence-electron chi connectivity index (χ4n) is 3.03. The van der Waals surface area contributed by atoms with Crippen molar-refractivity contribution in [1.82, 2.24) is 16.2 Å². The Morgan fingerprint density at radius 3 is 2.26 bits per heavy atom. The molecule has 1 aliphatic heterocycles. The summed E-state index contributed by atoms with van der Waals surface area (Å²) in [7, 11) is 0. The third-order valence-corrected chi connectivity index (χ3v) is 4.12. The van der Waals surface area contributed by atoms with Crippen molar-refractivity contribution in [3.63, 3.8) is 0 Å². The van der Waals surface area contributed by atoms with Crippen LogP contribution in [0.2, 0.25) is 0 Å². The molecule has 1 unspecified atom stereocenters. The van der Waals surface area contributed by atoms with Crippen molar-refractivity contribution in [2.45, 2.75) is 77.4 Å². The fourth-order valence-corrected chi connectivity index (χ4v) is 3.03. The Kier molecular flexibility index (Phi) is 7.82. The zero-order chi connectivity index (χ0) is 23.4. The van der Waals surface area contributed by atoms with Crippen molar-refractivity contribution in [3.05, 3.63) is 35.4 Å². The first-order valence-electron chi connectivity index (χ1n) is 10.0. The molecule has 1 saturated heterocycles. The van der Waals surface area contributed by atoms with Crippen LogP contribution in [-0.4, -0.2) is 42.1 Å². The number of benzene rings is 1. The Balaban J connectivity index is 2.12. The van der Waals surface area contributed by atoms with Gasteiger partial charge in [-0.25, -0.2) is 23.8 Å². The van der Waals surface area contributed by atoms with Gasteiger partial charge in [0.25, 0.3) is 0 Å². The van der Waals surface area contributed by atoms with Gasteiger partial charge >= 0.3 is 12.2 Å². The standard InChI is InChI=1S/C21H31F2N3O5/c1-20(2,3)30-18(27)24-16-10-13(25-26-19(28)31-21(4,5)6)11-29-17(16)14-9-12(22)7-8-15(14)23/h7-9,13,16-17,25H,10-11H2,1-6H3,(H,24,27)(H,26,28)/t13?,16-,17+/m0/s1. The van der Waals surface area contributed by atoms with E-state index >= 15 is 0 Å². The van der Waals surface area contributed by atoms with E-state index in [1.807, 2.05) is 0 Å². The maximum absolute atomic E-state index is 14.4. The number of halogens is 2. The number of hydrazine groups is 1. The highest BCUT2D eigenvalue weighted by Crippen LogP contribution is 2.31. The van der Waals surface area contributed by atoms with Crippen molar-refractivity contribution in [2.24, 2.45) is 0 Å². The third kappa shape index (κ3) is 8.29. The number of alkyl carbamates (subject to hydrolysis) is 1. The largest absolute Gasteiger partial charge is 0.444 e. The average molecular weight is 443 g/mol. The highest BCUT2D eigenvalue weighted by Gasteiger charge is 2.36. The van der Waals surface area contributed by atoms with Crippen molar-refractivity contribution in [2.75, 3.05) is 6.61 Å². The van der Waals surface area contributed by atoms with Crippen LogP contribution in [-0.2, 0) is 14.2 Å². The number of nitrogens with one attached hydrogen (secondary N) is 3. The van der Waals surface area contributed by atoms with Crippen LogP contribution >= 0.6 is 0 Å². The van der Waals surface area contributed by atoms with E-state index in [2.05, 4.69) is 16.2 Å². The zero-order valence-electron chi connectivity index (χ0n) is 18.7. The first-order chi connectivity index (χ1) is 14.2. The Labute approximate surface area is 181 Å². The lowest BCUT2D eigenvalue weighted by molar-refractivity contribution is -0.0367. The maximum Gasteiger partial charge on any atom is 0.422 e. The average Bonchev–Trinajstić information content (AvgIpc) is 2.59. The lowest BCUT2D eigenvalue weighted by Crippen LogP contribution is -2.55. The molecule has 1 heterocycles. The molecular formula is C21H31F2N3O5. The number of ether oxygens (including phenoxy) is 3. The summed E-state index contributed by atoms with van der Waals surface area (Å²) in [6, 6.07) is 1.87. The molecule has 2 rings (SSSR count). The van der Waals surface area contributed by atoms with Crippen LogP contribution in [0.5, 0.6) is 0 Å². The second-order valence-electron chi connectivity index (χ2n) is 9.38. The van der Waals surface area contributed by atoms with Crippen molar-refractivity contribution >= 4 is 12.2 Å². The molecule has 0 saturated carbocycles. The predicted molar refractivity (Wildman–Crippen MR) is 109 cm³/mol. The summed E-state index contributed by atoms with van der Waals surface area (Å²) in [5.74, 6) is -1.27. The molecule has 3 N–H and O–H groups in total. The van der Waals surface area contributed by atoms with Gasteiger partial charge in [-0.2, -0.15) is 0 Å². The van der Waals surface area contributed by atoms with E-state index in [4.69, 9.17) is 14.2 Å². The fraction of sp³-hybridized carbons (Fsp3) is 0.619. The van der Waals surface area contributed by atoms with Crippen LogP contribution in [0.15, 0.2) is 18.2 Å². The van der Waals surface area contributed by atoms with Gasteiger partial charge in [-0.15, -0.1) is 0 Å². The number of hydrogen-bond acceptors (Lipinski definition) is 6. The number of hydrogen-bond donors (Lipinski definition) is 3. The van der Waals surface area contributed by atoms with Crippen LogP contribution in [0, 0.1) is 11.6 Å². The van der Waals surface area contributed by atoms with Gasteiger partial charge in [-0.1, -0.05) is 0 Å². The highest BCUT2D eigenvalue weighted by molar-refractivity contribution is 5.68. The molecule has 31 heavy (non-hydrogen) atoms. The summed E-state index contributed by atoms with van der Waals surface area (Å²) in [5, 5.41) is 2.67. The molecule has 174 valence electrons. The van der Waals surface area contributed by atoms with Gasteiger partial charge in [0.15, 0.2) is 0 Å². The van der Waals surface area contributed by atoms with Crippen molar-refractivity contribution in [3.8, 4) is 0 Å². The molecule has 0 spiro atoms. The number of carbonyl (C=O) groups is 2. The van der Waals surface area contributed by atoms with Gasteiger partial charge in [-0.05, 0) is 66.2 Å². The molecule has 0 aliphatic carbocycles. The van der Waals surface area contributed by atoms with Gasteiger partial charge < -0.3 is 19.5 Å². The first-order valence-corrected chi connectivity index (χ1v) is 10.0. The molecule has 2 amide bonds. The lowest BCUT2D eigenvalue weighted by Gasteiger charge is -2.37. The van der Waals surface area contributed by atoms with E-state index in [1.54, 1.807) is 41.5 Å². The quantitative estimate of drug-likeness (QED) is 0.614. The molecule has 0 radical (unpaired) electrons. The number of carbonyl (C=O) groups excluding carboxylic acids is 2. The Morgan fingerprint density at radius 1 is 1.03 bits per heavy atom. The first kappa shape index (κ1) is 24.8. The molecular weight excluding hydrogens is 412 g/mol. The monoisotopic (exact) mass is 443 g/mol. The van der Waals surface area contributed by atoms with E-state index in [1.165, 1.54) is 0 Å². The van der Waals surface area contributed by atoms with E-state index in [0.29, 0.717) is 0 Å². The van der Waals surface area contributed by atoms with Gasteiger partial charge in [0.1, 0.15) is 28.9 Å². The summed E-state index contributed by atoms with van der Waals surface area (Å²) in [6.45, 7) is 10.4. The molecule has 0 aromatic heterocycles. The zero-order valence-corrected chi connectivity index (χ0v) is 18.7. The molecule has 8 nitrogen and oxygen atoms in total. The van der Waals surface area contributed by atoms with Crippen LogP contribution in [0.25, 0.3) is 0 Å². The highest BCUT2D eigenvalue weighted by atomic mass is 19.1. The minimum atomic E-state index is -0.942. The third-order valence-electron chi connectivity index (χ3n) is 4.12. The summed E-state index contributed by atoms with van der Waals surface area (Å²) in [5.41, 5.74) is 3.78. The summed E-state index contributed by atoms with van der Waals surface area (Å²) in [4.78, 5) is 24.2. The summed E-state index contributed by atoms with van der Waals surface area (Å²) < 4.78 is 44.3. The van der Waals surface area contributed by atoms with E-state index < -0.39 is 53.2 Å². The molecule has 1 aliphatic rings. The Bertz CT molecular complexity index is 792. The normalized spacial score (nSPS) is 21.9. The molecule has 0 bridgehead atoms. The van der Waals surface area contributed by atoms with Gasteiger partial charge in [-0.3, -0.25) is 5.43 Å². The van der Waals surface area contributed by atoms with E-state index in [-0.39, 0.29) is 18.6 Å². The predicted octanol–water partition coefficient (Wildman–Crippen LogP) is 3.72. The molecule has 10 heteroatoms. The van der Waals surface area contributed by atoms with Crippen LogP contribution in [0.4, 0.5) is 18.4 Å². The molecule has 1 fully saturated rings. The topological polar surface area (TPSA) is 97.9 Å². The van der Waals surface area contributed by atoms with Gasteiger partial charge in [0, 0.05) is 5.56 Å². The molecule has 3 atom stereocenters.